The molecule has 0 saturated carbocycles. The molecule has 0 radical (unpaired) electrons. The second-order valence-electron chi connectivity index (χ2n) is 3.76. The van der Waals surface area contributed by atoms with Gasteiger partial charge in [-0.1, -0.05) is 18.5 Å². The minimum absolute atomic E-state index is 0.503. The number of nitriles is 1. The fourth-order valence-electron chi connectivity index (χ4n) is 1.63. The van der Waals surface area contributed by atoms with E-state index in [0.717, 1.165) is 25.2 Å². The Bertz CT molecular complexity index is 401. The lowest BCUT2D eigenvalue weighted by molar-refractivity contribution is 0.205. The van der Waals surface area contributed by atoms with Gasteiger partial charge < -0.3 is 9.64 Å². The van der Waals surface area contributed by atoms with Crippen molar-refractivity contribution in [3.05, 3.63) is 28.8 Å². The number of ether oxygens (including phenoxy) is 1. The van der Waals surface area contributed by atoms with Crippen LogP contribution in [0.2, 0.25) is 5.02 Å². The molecule has 1 aromatic carbocycles. The standard InChI is InChI=1S/C13H17ClN2O/c1-3-6-16(7-8-17-2)12-5-4-11(10-15)13(14)9-12/h4-5,9H,3,6-8H2,1-2H3. The van der Waals surface area contributed by atoms with Crippen molar-refractivity contribution in [1.29, 1.82) is 5.26 Å². The van der Waals surface area contributed by atoms with Crippen molar-refractivity contribution >= 4 is 17.3 Å². The van der Waals surface area contributed by atoms with Crippen LogP contribution in [0.4, 0.5) is 5.69 Å². The molecule has 0 N–H and O–H groups in total. The molecular weight excluding hydrogens is 236 g/mol. The summed E-state index contributed by atoms with van der Waals surface area (Å²) in [6, 6.07) is 7.58. The predicted octanol–water partition coefficient (Wildman–Crippen LogP) is 3.07. The first kappa shape index (κ1) is 13.8. The lowest BCUT2D eigenvalue weighted by Gasteiger charge is -2.24. The van der Waals surface area contributed by atoms with Gasteiger partial charge in [-0.15, -0.1) is 0 Å². The van der Waals surface area contributed by atoms with E-state index in [9.17, 15) is 0 Å². The smallest absolute Gasteiger partial charge is 0.101 e. The highest BCUT2D eigenvalue weighted by atomic mass is 35.5. The van der Waals surface area contributed by atoms with E-state index in [1.807, 2.05) is 12.1 Å². The van der Waals surface area contributed by atoms with Crippen LogP contribution in [0.5, 0.6) is 0 Å². The van der Waals surface area contributed by atoms with Crippen LogP contribution in [-0.2, 0) is 4.74 Å². The van der Waals surface area contributed by atoms with E-state index in [4.69, 9.17) is 21.6 Å². The molecule has 0 saturated heterocycles. The molecule has 0 unspecified atom stereocenters. The first-order chi connectivity index (χ1) is 8.22. The third-order valence-electron chi connectivity index (χ3n) is 2.50. The van der Waals surface area contributed by atoms with Crippen LogP contribution in [0.3, 0.4) is 0 Å². The molecule has 17 heavy (non-hydrogen) atoms. The van der Waals surface area contributed by atoms with E-state index < -0.39 is 0 Å². The topological polar surface area (TPSA) is 36.3 Å². The summed E-state index contributed by atoms with van der Waals surface area (Å²) in [4.78, 5) is 2.20. The van der Waals surface area contributed by atoms with E-state index in [2.05, 4.69) is 17.9 Å². The maximum absolute atomic E-state index is 8.82. The van der Waals surface area contributed by atoms with Gasteiger partial charge in [0, 0.05) is 25.9 Å². The Kier molecular flexibility index (Phi) is 5.82. The van der Waals surface area contributed by atoms with Crippen LogP contribution in [0, 0.1) is 11.3 Å². The predicted molar refractivity (Wildman–Crippen MR) is 70.5 cm³/mol. The van der Waals surface area contributed by atoms with Crippen LogP contribution in [-0.4, -0.2) is 26.8 Å². The van der Waals surface area contributed by atoms with Gasteiger partial charge in [0.1, 0.15) is 6.07 Å². The van der Waals surface area contributed by atoms with E-state index in [0.29, 0.717) is 17.2 Å². The molecule has 0 spiro atoms. The Morgan fingerprint density at radius 1 is 1.41 bits per heavy atom. The number of hydrogen-bond donors (Lipinski definition) is 0. The van der Waals surface area contributed by atoms with Crippen molar-refractivity contribution in [2.75, 3.05) is 31.7 Å². The fraction of sp³-hybridized carbons (Fsp3) is 0.462. The Morgan fingerprint density at radius 2 is 2.18 bits per heavy atom. The van der Waals surface area contributed by atoms with Crippen molar-refractivity contribution in [2.24, 2.45) is 0 Å². The highest BCUT2D eigenvalue weighted by Gasteiger charge is 2.07. The van der Waals surface area contributed by atoms with Crippen molar-refractivity contribution in [3.63, 3.8) is 0 Å². The van der Waals surface area contributed by atoms with E-state index in [1.165, 1.54) is 0 Å². The summed E-state index contributed by atoms with van der Waals surface area (Å²) in [5, 5.41) is 9.33. The highest BCUT2D eigenvalue weighted by Crippen LogP contribution is 2.23. The van der Waals surface area contributed by atoms with Crippen molar-refractivity contribution in [1.82, 2.24) is 0 Å². The van der Waals surface area contributed by atoms with Crippen molar-refractivity contribution in [3.8, 4) is 6.07 Å². The number of nitrogens with zero attached hydrogens (tertiary/aromatic N) is 2. The summed E-state index contributed by atoms with van der Waals surface area (Å²) < 4.78 is 5.09. The molecular formula is C13H17ClN2O. The molecule has 3 nitrogen and oxygen atoms in total. The lowest BCUT2D eigenvalue weighted by atomic mass is 10.2. The Labute approximate surface area is 108 Å². The van der Waals surface area contributed by atoms with Gasteiger partial charge in [0.05, 0.1) is 17.2 Å². The van der Waals surface area contributed by atoms with Crippen LogP contribution < -0.4 is 4.90 Å². The quantitative estimate of drug-likeness (QED) is 0.781. The first-order valence-corrected chi connectivity index (χ1v) is 6.04. The summed E-state index contributed by atoms with van der Waals surface area (Å²) in [7, 11) is 1.69. The molecule has 0 aromatic heterocycles. The number of methoxy groups -OCH3 is 1. The fourth-order valence-corrected chi connectivity index (χ4v) is 1.85. The van der Waals surface area contributed by atoms with Gasteiger partial charge in [-0.25, -0.2) is 0 Å². The molecule has 0 fully saturated rings. The first-order valence-electron chi connectivity index (χ1n) is 5.66. The number of rotatable bonds is 6. The van der Waals surface area contributed by atoms with Gasteiger partial charge in [0.2, 0.25) is 0 Å². The summed E-state index contributed by atoms with van der Waals surface area (Å²) in [5.41, 5.74) is 1.55. The molecule has 4 heteroatoms. The maximum atomic E-state index is 8.82. The number of hydrogen-bond acceptors (Lipinski definition) is 3. The Hall–Kier alpha value is -1.24. The van der Waals surface area contributed by atoms with Gasteiger partial charge in [0.25, 0.3) is 0 Å². The molecule has 1 rings (SSSR count). The van der Waals surface area contributed by atoms with Gasteiger partial charge in [0.15, 0.2) is 0 Å². The minimum atomic E-state index is 0.503. The maximum Gasteiger partial charge on any atom is 0.101 e. The van der Waals surface area contributed by atoms with Crippen LogP contribution >= 0.6 is 11.6 Å². The third kappa shape index (κ3) is 3.92. The van der Waals surface area contributed by atoms with Crippen LogP contribution in [0.15, 0.2) is 18.2 Å². The van der Waals surface area contributed by atoms with Gasteiger partial charge in [-0.2, -0.15) is 5.26 Å². The highest BCUT2D eigenvalue weighted by molar-refractivity contribution is 6.32. The second kappa shape index (κ2) is 7.16. The molecule has 0 atom stereocenters. The SMILES string of the molecule is CCCN(CCOC)c1ccc(C#N)c(Cl)c1. The van der Waals surface area contributed by atoms with Crippen LogP contribution in [0.1, 0.15) is 18.9 Å². The average molecular weight is 253 g/mol. The number of anilines is 1. The zero-order chi connectivity index (χ0) is 12.7. The van der Waals surface area contributed by atoms with Crippen molar-refractivity contribution in [2.45, 2.75) is 13.3 Å². The third-order valence-corrected chi connectivity index (χ3v) is 2.81. The average Bonchev–Trinajstić information content (AvgIpc) is 2.34. The molecule has 0 aliphatic carbocycles. The largest absolute Gasteiger partial charge is 0.383 e. The lowest BCUT2D eigenvalue weighted by Crippen LogP contribution is -2.27. The zero-order valence-electron chi connectivity index (χ0n) is 10.2. The molecule has 0 heterocycles. The van der Waals surface area contributed by atoms with E-state index in [1.54, 1.807) is 13.2 Å². The monoisotopic (exact) mass is 252 g/mol. The Morgan fingerprint density at radius 3 is 2.71 bits per heavy atom. The van der Waals surface area contributed by atoms with Crippen molar-refractivity contribution < 1.29 is 4.74 Å². The zero-order valence-corrected chi connectivity index (χ0v) is 11.0. The second-order valence-corrected chi connectivity index (χ2v) is 4.16. The summed E-state index contributed by atoms with van der Waals surface area (Å²) in [6.07, 6.45) is 1.06. The van der Waals surface area contributed by atoms with Gasteiger partial charge >= 0.3 is 0 Å². The molecule has 1 aromatic rings. The molecule has 0 amide bonds. The summed E-state index contributed by atoms with van der Waals surface area (Å²) in [6.45, 7) is 4.58. The normalized spacial score (nSPS) is 10.0. The summed E-state index contributed by atoms with van der Waals surface area (Å²) in [5.74, 6) is 0. The summed E-state index contributed by atoms with van der Waals surface area (Å²) >= 11 is 6.03. The minimum Gasteiger partial charge on any atom is -0.383 e. The molecule has 0 aliphatic heterocycles. The Balaban J connectivity index is 2.86. The van der Waals surface area contributed by atoms with Gasteiger partial charge in [-0.3, -0.25) is 0 Å². The molecule has 0 aliphatic rings. The van der Waals surface area contributed by atoms with Gasteiger partial charge in [-0.05, 0) is 24.6 Å². The molecule has 0 bridgehead atoms. The number of halogens is 1. The van der Waals surface area contributed by atoms with Crippen LogP contribution in [0.25, 0.3) is 0 Å². The van der Waals surface area contributed by atoms with E-state index in [-0.39, 0.29) is 0 Å². The molecule has 92 valence electrons. The van der Waals surface area contributed by atoms with E-state index >= 15 is 0 Å². The number of benzene rings is 1.